The molecule has 1 aromatic heterocycles. The number of pyridine rings is 1. The number of halogens is 1. The second kappa shape index (κ2) is 7.17. The average molecular weight is 340 g/mol. The van der Waals surface area contributed by atoms with Gasteiger partial charge in [-0.25, -0.2) is 4.39 Å². The van der Waals surface area contributed by atoms with Gasteiger partial charge in [-0.3, -0.25) is 9.59 Å². The van der Waals surface area contributed by atoms with Crippen LogP contribution < -0.4 is 15.6 Å². The van der Waals surface area contributed by atoms with Crippen LogP contribution in [-0.4, -0.2) is 17.5 Å². The van der Waals surface area contributed by atoms with Gasteiger partial charge in [0.2, 0.25) is 5.91 Å². The van der Waals surface area contributed by atoms with E-state index in [1.807, 2.05) is 18.2 Å². The number of H-pyrrole nitrogens is 1. The first-order valence-electron chi connectivity index (χ1n) is 7.90. The largest absolute Gasteiger partial charge is 0.492 e. The number of hydrogen-bond acceptors (Lipinski definition) is 3. The second-order valence-electron chi connectivity index (χ2n) is 5.51. The van der Waals surface area contributed by atoms with Crippen LogP contribution in [0.25, 0.3) is 10.9 Å². The number of aromatic nitrogens is 1. The first-order valence-corrected chi connectivity index (χ1v) is 7.90. The van der Waals surface area contributed by atoms with E-state index < -0.39 is 5.82 Å². The van der Waals surface area contributed by atoms with E-state index in [2.05, 4.69) is 10.3 Å². The third-order valence-electron chi connectivity index (χ3n) is 3.70. The van der Waals surface area contributed by atoms with E-state index >= 15 is 0 Å². The van der Waals surface area contributed by atoms with Crippen molar-refractivity contribution in [2.75, 3.05) is 11.9 Å². The lowest BCUT2D eigenvalue weighted by atomic mass is 10.1. The Hall–Kier alpha value is -3.15. The van der Waals surface area contributed by atoms with Crippen molar-refractivity contribution in [3.05, 3.63) is 70.3 Å². The van der Waals surface area contributed by atoms with Crippen molar-refractivity contribution in [3.8, 4) is 5.75 Å². The molecule has 2 N–H and O–H groups in total. The van der Waals surface area contributed by atoms with Crippen molar-refractivity contribution in [3.63, 3.8) is 0 Å². The van der Waals surface area contributed by atoms with Crippen LogP contribution in [0, 0.1) is 5.82 Å². The Bertz CT molecular complexity index is 982. The molecule has 0 aliphatic rings. The monoisotopic (exact) mass is 340 g/mol. The van der Waals surface area contributed by atoms with Crippen LogP contribution in [-0.2, 0) is 11.2 Å². The molecule has 0 saturated heterocycles. The quantitative estimate of drug-likeness (QED) is 0.749. The van der Waals surface area contributed by atoms with Gasteiger partial charge in [0.05, 0.1) is 18.7 Å². The first kappa shape index (κ1) is 16.7. The molecule has 25 heavy (non-hydrogen) atoms. The molecule has 0 aliphatic carbocycles. The molecule has 2 aromatic carbocycles. The average Bonchev–Trinajstić information content (AvgIpc) is 2.58. The molecule has 5 nitrogen and oxygen atoms in total. The molecule has 3 aromatic rings. The molecule has 0 atom stereocenters. The molecule has 6 heteroatoms. The summed E-state index contributed by atoms with van der Waals surface area (Å²) in [5.74, 6) is -0.580. The standard InChI is InChI=1S/C19H17FN2O3/c1-2-25-17-11-14(20)7-8-16(17)21-18(23)10-13-9-12-5-3-4-6-15(12)22-19(13)24/h3-9,11H,2,10H2,1H3,(H,21,23)(H,22,24). The highest BCUT2D eigenvalue weighted by Gasteiger charge is 2.12. The van der Waals surface area contributed by atoms with Gasteiger partial charge < -0.3 is 15.0 Å². The highest BCUT2D eigenvalue weighted by Crippen LogP contribution is 2.25. The van der Waals surface area contributed by atoms with Crippen molar-refractivity contribution in [2.24, 2.45) is 0 Å². The molecule has 1 amide bonds. The van der Waals surface area contributed by atoms with E-state index in [1.165, 1.54) is 18.2 Å². The lowest BCUT2D eigenvalue weighted by Gasteiger charge is -2.11. The molecule has 0 spiro atoms. The predicted octanol–water partition coefficient (Wildman–Crippen LogP) is 3.25. The molecule has 3 rings (SSSR count). The van der Waals surface area contributed by atoms with Crippen LogP contribution in [0.15, 0.2) is 53.3 Å². The van der Waals surface area contributed by atoms with E-state index in [0.29, 0.717) is 23.4 Å². The number of rotatable bonds is 5. The Morgan fingerprint density at radius 1 is 1.20 bits per heavy atom. The zero-order chi connectivity index (χ0) is 17.8. The summed E-state index contributed by atoms with van der Waals surface area (Å²) >= 11 is 0. The van der Waals surface area contributed by atoms with Gasteiger partial charge in [0.1, 0.15) is 11.6 Å². The van der Waals surface area contributed by atoms with E-state index in [0.717, 1.165) is 5.39 Å². The minimum Gasteiger partial charge on any atom is -0.492 e. The Morgan fingerprint density at radius 2 is 2.00 bits per heavy atom. The third kappa shape index (κ3) is 3.85. The molecule has 1 heterocycles. The topological polar surface area (TPSA) is 71.2 Å². The number of ether oxygens (including phenoxy) is 1. The third-order valence-corrected chi connectivity index (χ3v) is 3.70. The van der Waals surface area contributed by atoms with Crippen LogP contribution in [0.5, 0.6) is 5.75 Å². The van der Waals surface area contributed by atoms with Crippen LogP contribution in [0.3, 0.4) is 0 Å². The first-order chi connectivity index (χ1) is 12.1. The summed E-state index contributed by atoms with van der Waals surface area (Å²) in [4.78, 5) is 27.2. The minimum atomic E-state index is -0.451. The van der Waals surface area contributed by atoms with Crippen LogP contribution in [0.4, 0.5) is 10.1 Å². The molecule has 0 unspecified atom stereocenters. The molecule has 0 radical (unpaired) electrons. The van der Waals surface area contributed by atoms with Gasteiger partial charge in [0.15, 0.2) is 0 Å². The fraction of sp³-hybridized carbons (Fsp3) is 0.158. The zero-order valence-electron chi connectivity index (χ0n) is 13.6. The van der Waals surface area contributed by atoms with Gasteiger partial charge in [0.25, 0.3) is 5.56 Å². The SMILES string of the molecule is CCOc1cc(F)ccc1NC(=O)Cc1cc2ccccc2[nH]c1=O. The Balaban J connectivity index is 1.81. The number of hydrogen-bond donors (Lipinski definition) is 2. The van der Waals surface area contributed by atoms with E-state index in [1.54, 1.807) is 19.1 Å². The summed E-state index contributed by atoms with van der Waals surface area (Å²) in [6.07, 6.45) is -0.0941. The highest BCUT2D eigenvalue weighted by molar-refractivity contribution is 5.94. The molecule has 128 valence electrons. The molecule has 0 bridgehead atoms. The normalized spacial score (nSPS) is 10.6. The van der Waals surface area contributed by atoms with E-state index in [4.69, 9.17) is 4.74 Å². The fourth-order valence-corrected chi connectivity index (χ4v) is 2.57. The number of carbonyl (C=O) groups is 1. The minimum absolute atomic E-state index is 0.0941. The van der Waals surface area contributed by atoms with Gasteiger partial charge in [-0.15, -0.1) is 0 Å². The van der Waals surface area contributed by atoms with Gasteiger partial charge >= 0.3 is 0 Å². The van der Waals surface area contributed by atoms with Crippen molar-refractivity contribution in [1.29, 1.82) is 0 Å². The maximum Gasteiger partial charge on any atom is 0.252 e. The number of nitrogens with one attached hydrogen (secondary N) is 2. The van der Waals surface area contributed by atoms with Gasteiger partial charge in [-0.05, 0) is 36.6 Å². The number of aromatic amines is 1. The van der Waals surface area contributed by atoms with Crippen LogP contribution in [0.2, 0.25) is 0 Å². The Labute approximate surface area is 143 Å². The lowest BCUT2D eigenvalue weighted by Crippen LogP contribution is -2.21. The molecule has 0 fully saturated rings. The number of carbonyl (C=O) groups excluding carboxylic acids is 1. The molecule has 0 aliphatic heterocycles. The summed E-state index contributed by atoms with van der Waals surface area (Å²) in [6, 6.07) is 12.9. The maximum absolute atomic E-state index is 13.3. The molecular weight excluding hydrogens is 323 g/mol. The van der Waals surface area contributed by atoms with Gasteiger partial charge in [-0.2, -0.15) is 0 Å². The van der Waals surface area contributed by atoms with Gasteiger partial charge in [0, 0.05) is 17.1 Å². The number of anilines is 1. The fourth-order valence-electron chi connectivity index (χ4n) is 2.57. The number of amides is 1. The summed E-state index contributed by atoms with van der Waals surface area (Å²) in [6.45, 7) is 2.11. The van der Waals surface area contributed by atoms with Crippen molar-refractivity contribution < 1.29 is 13.9 Å². The highest BCUT2D eigenvalue weighted by atomic mass is 19.1. The maximum atomic E-state index is 13.3. The second-order valence-corrected chi connectivity index (χ2v) is 5.51. The Morgan fingerprint density at radius 3 is 2.80 bits per heavy atom. The summed E-state index contributed by atoms with van der Waals surface area (Å²) in [5.41, 5.74) is 1.13. The number of benzene rings is 2. The van der Waals surface area contributed by atoms with E-state index in [-0.39, 0.29) is 23.6 Å². The number of para-hydroxylation sites is 1. The van der Waals surface area contributed by atoms with Crippen LogP contribution in [0.1, 0.15) is 12.5 Å². The van der Waals surface area contributed by atoms with Crippen molar-refractivity contribution in [2.45, 2.75) is 13.3 Å². The van der Waals surface area contributed by atoms with Gasteiger partial charge in [-0.1, -0.05) is 18.2 Å². The Kier molecular flexibility index (Phi) is 4.79. The molecule has 0 saturated carbocycles. The number of fused-ring (bicyclic) bond motifs is 1. The zero-order valence-corrected chi connectivity index (χ0v) is 13.6. The van der Waals surface area contributed by atoms with Crippen LogP contribution >= 0.6 is 0 Å². The van der Waals surface area contributed by atoms with Crippen molar-refractivity contribution >= 4 is 22.5 Å². The smallest absolute Gasteiger partial charge is 0.252 e. The summed E-state index contributed by atoms with van der Waals surface area (Å²) < 4.78 is 18.6. The predicted molar refractivity (Wildman–Crippen MR) is 94.5 cm³/mol. The summed E-state index contributed by atoms with van der Waals surface area (Å²) in [5, 5.41) is 3.51. The van der Waals surface area contributed by atoms with Crippen molar-refractivity contribution in [1.82, 2.24) is 4.98 Å². The summed E-state index contributed by atoms with van der Waals surface area (Å²) in [7, 11) is 0. The lowest BCUT2D eigenvalue weighted by molar-refractivity contribution is -0.115. The van der Waals surface area contributed by atoms with E-state index in [9.17, 15) is 14.0 Å². The molecular formula is C19H17FN2O3.